The molecule has 1 aliphatic rings. The molecule has 32 heavy (non-hydrogen) atoms. The second kappa shape index (κ2) is 9.82. The maximum atomic E-state index is 13.4. The van der Waals surface area contributed by atoms with E-state index in [-0.39, 0.29) is 5.11 Å². The van der Waals surface area contributed by atoms with Crippen LogP contribution in [-0.4, -0.2) is 23.1 Å². The minimum Gasteiger partial charge on any atom is -0.465 e. The number of esters is 1. The third-order valence-corrected chi connectivity index (χ3v) is 6.47. The number of alkyl halides is 3. The molecule has 1 aliphatic carbocycles. The molecule has 0 fully saturated rings. The molecule has 0 spiro atoms. The van der Waals surface area contributed by atoms with Crippen LogP contribution in [0.25, 0.3) is 0 Å². The number of halogens is 3. The molecule has 172 valence electrons. The summed E-state index contributed by atoms with van der Waals surface area (Å²) in [6.07, 6.45) is 0.722. The summed E-state index contributed by atoms with van der Waals surface area (Å²) >= 11 is 6.52. The van der Waals surface area contributed by atoms with Crippen LogP contribution in [0.1, 0.15) is 52.0 Å². The number of thiocarbonyl (C=S) groups is 1. The van der Waals surface area contributed by atoms with Gasteiger partial charge in [0.2, 0.25) is 0 Å². The number of carbonyl (C=O) groups excluding carboxylic acids is 1. The van der Waals surface area contributed by atoms with Crippen molar-refractivity contribution in [2.45, 2.75) is 44.7 Å². The monoisotopic (exact) mass is 487 g/mol. The molecule has 1 aromatic carbocycles. The first-order valence-electron chi connectivity index (χ1n) is 9.78. The average molecular weight is 488 g/mol. The smallest absolute Gasteiger partial charge is 0.418 e. The average Bonchev–Trinajstić information content (AvgIpc) is 3.02. The quantitative estimate of drug-likeness (QED) is 0.239. The molecule has 0 saturated heterocycles. The fourth-order valence-electron chi connectivity index (χ4n) is 3.57. The van der Waals surface area contributed by atoms with Crippen molar-refractivity contribution in [3.8, 4) is 0 Å². The Hall–Kier alpha value is -2.73. The van der Waals surface area contributed by atoms with Crippen molar-refractivity contribution < 1.29 is 27.6 Å². The number of carbonyl (C=O) groups is 1. The highest BCUT2D eigenvalue weighted by Gasteiger charge is 2.35. The summed E-state index contributed by atoms with van der Waals surface area (Å²) in [5.74, 6) is -0.542. The number of aryl methyl sites for hydroxylation is 1. The molecule has 0 atom stereocenters. The third-order valence-electron chi connectivity index (χ3n) is 5.06. The van der Waals surface area contributed by atoms with Crippen LogP contribution >= 0.6 is 23.6 Å². The Labute approximate surface area is 191 Å². The molecular weight excluding hydrogens is 467 g/mol. The lowest BCUT2D eigenvalue weighted by Crippen LogP contribution is -2.22. The SMILES string of the molecule is COC(=O)c1c(NC(=S)Nc2ccc([N+](=O)[O-])cc2C(F)(F)F)sc2c1CCCCCC2. The van der Waals surface area contributed by atoms with E-state index in [4.69, 9.17) is 17.0 Å². The van der Waals surface area contributed by atoms with Gasteiger partial charge in [0.05, 0.1) is 28.8 Å². The van der Waals surface area contributed by atoms with Gasteiger partial charge in [0.15, 0.2) is 5.11 Å². The number of methoxy groups -OCH3 is 1. The van der Waals surface area contributed by atoms with Gasteiger partial charge >= 0.3 is 12.1 Å². The van der Waals surface area contributed by atoms with Gasteiger partial charge in [-0.15, -0.1) is 11.3 Å². The summed E-state index contributed by atoms with van der Waals surface area (Å²) in [4.78, 5) is 23.5. The summed E-state index contributed by atoms with van der Waals surface area (Å²) in [7, 11) is 1.27. The van der Waals surface area contributed by atoms with E-state index in [0.717, 1.165) is 54.7 Å². The Bertz CT molecular complexity index is 1050. The predicted molar refractivity (Wildman–Crippen MR) is 119 cm³/mol. The minimum atomic E-state index is -4.83. The van der Waals surface area contributed by atoms with Crippen LogP contribution in [0, 0.1) is 10.1 Å². The van der Waals surface area contributed by atoms with Gasteiger partial charge in [-0.2, -0.15) is 13.2 Å². The van der Waals surface area contributed by atoms with Crippen molar-refractivity contribution in [2.24, 2.45) is 0 Å². The fraction of sp³-hybridized carbons (Fsp3) is 0.400. The van der Waals surface area contributed by atoms with Gasteiger partial charge in [-0.25, -0.2) is 4.79 Å². The molecule has 2 aromatic rings. The second-order valence-electron chi connectivity index (χ2n) is 7.18. The number of benzene rings is 1. The highest BCUT2D eigenvalue weighted by molar-refractivity contribution is 7.80. The van der Waals surface area contributed by atoms with Gasteiger partial charge in [-0.3, -0.25) is 10.1 Å². The highest BCUT2D eigenvalue weighted by Crippen LogP contribution is 2.39. The Morgan fingerprint density at radius 1 is 1.19 bits per heavy atom. The fourth-order valence-corrected chi connectivity index (χ4v) is 5.13. The van der Waals surface area contributed by atoms with E-state index < -0.39 is 34.0 Å². The predicted octanol–water partition coefficient (Wildman–Crippen LogP) is 5.93. The maximum Gasteiger partial charge on any atom is 0.418 e. The van der Waals surface area contributed by atoms with Crippen LogP contribution < -0.4 is 10.6 Å². The zero-order valence-electron chi connectivity index (χ0n) is 17.0. The molecule has 0 radical (unpaired) electrons. The summed E-state index contributed by atoms with van der Waals surface area (Å²) in [5, 5.41) is 16.4. The third kappa shape index (κ3) is 5.36. The number of thiophene rings is 1. The number of fused-ring (bicyclic) bond motifs is 1. The number of nitro benzene ring substituents is 1. The summed E-state index contributed by atoms with van der Waals surface area (Å²) in [6.45, 7) is 0. The summed E-state index contributed by atoms with van der Waals surface area (Å²) in [5.41, 5.74) is -1.11. The van der Waals surface area contributed by atoms with Gasteiger partial charge in [0, 0.05) is 17.0 Å². The molecule has 0 unspecified atom stereocenters. The first kappa shape index (κ1) is 23.9. The molecule has 1 heterocycles. The Morgan fingerprint density at radius 2 is 1.88 bits per heavy atom. The number of hydrogen-bond donors (Lipinski definition) is 2. The van der Waals surface area contributed by atoms with Crippen LogP contribution in [0.4, 0.5) is 29.5 Å². The first-order chi connectivity index (χ1) is 15.1. The minimum absolute atomic E-state index is 0.177. The lowest BCUT2D eigenvalue weighted by atomic mass is 9.96. The van der Waals surface area contributed by atoms with Crippen molar-refractivity contribution in [1.82, 2.24) is 0 Å². The molecule has 0 aliphatic heterocycles. The molecule has 2 N–H and O–H groups in total. The van der Waals surface area contributed by atoms with Crippen molar-refractivity contribution in [3.63, 3.8) is 0 Å². The Kier molecular flexibility index (Phi) is 7.34. The number of ether oxygens (including phenoxy) is 1. The van der Waals surface area contributed by atoms with E-state index in [1.165, 1.54) is 18.4 Å². The number of non-ortho nitro benzene ring substituents is 1. The van der Waals surface area contributed by atoms with E-state index in [1.54, 1.807) is 0 Å². The molecule has 0 amide bonds. The summed E-state index contributed by atoms with van der Waals surface area (Å²) < 4.78 is 45.2. The van der Waals surface area contributed by atoms with E-state index in [1.807, 2.05) is 0 Å². The molecule has 1 aromatic heterocycles. The first-order valence-corrected chi connectivity index (χ1v) is 11.0. The Morgan fingerprint density at radius 3 is 2.50 bits per heavy atom. The van der Waals surface area contributed by atoms with Crippen LogP contribution in [-0.2, 0) is 23.8 Å². The molecular formula is C20H20F3N3O4S2. The number of hydrogen-bond acceptors (Lipinski definition) is 6. The molecule has 0 bridgehead atoms. The van der Waals surface area contributed by atoms with Gasteiger partial charge in [0.25, 0.3) is 5.69 Å². The largest absolute Gasteiger partial charge is 0.465 e. The van der Waals surface area contributed by atoms with Crippen LogP contribution in [0.5, 0.6) is 0 Å². The van der Waals surface area contributed by atoms with Crippen molar-refractivity contribution >= 4 is 51.0 Å². The normalized spacial score (nSPS) is 14.0. The van der Waals surface area contributed by atoms with Crippen molar-refractivity contribution in [3.05, 3.63) is 49.9 Å². The molecule has 0 saturated carbocycles. The van der Waals surface area contributed by atoms with Crippen molar-refractivity contribution in [2.75, 3.05) is 17.7 Å². The lowest BCUT2D eigenvalue weighted by Gasteiger charge is -2.16. The molecule has 7 nitrogen and oxygen atoms in total. The van der Waals surface area contributed by atoms with Crippen molar-refractivity contribution in [1.29, 1.82) is 0 Å². The van der Waals surface area contributed by atoms with Crippen LogP contribution in [0.3, 0.4) is 0 Å². The zero-order valence-corrected chi connectivity index (χ0v) is 18.6. The topological polar surface area (TPSA) is 93.5 Å². The standard InChI is InChI=1S/C20H20F3N3O4S2/c1-30-18(27)16-12-6-4-2-3-5-7-15(12)32-17(16)25-19(31)24-14-9-8-11(26(28)29)10-13(14)20(21,22)23/h8-10H,2-7H2,1H3,(H2,24,25,31). The van der Waals surface area contributed by atoms with E-state index in [9.17, 15) is 28.1 Å². The van der Waals surface area contributed by atoms with Gasteiger partial charge in [0.1, 0.15) is 5.00 Å². The zero-order chi connectivity index (χ0) is 23.5. The highest BCUT2D eigenvalue weighted by atomic mass is 32.1. The van der Waals surface area contributed by atoms with E-state index in [2.05, 4.69) is 10.6 Å². The Balaban J connectivity index is 1.90. The van der Waals surface area contributed by atoms with Crippen LogP contribution in [0.15, 0.2) is 18.2 Å². The van der Waals surface area contributed by atoms with Gasteiger partial charge in [-0.05, 0) is 49.5 Å². The molecule has 3 rings (SSSR count). The number of nitrogens with one attached hydrogen (secondary N) is 2. The second-order valence-corrected chi connectivity index (χ2v) is 8.69. The number of nitrogens with zero attached hydrogens (tertiary/aromatic N) is 1. The van der Waals surface area contributed by atoms with Gasteiger partial charge in [-0.1, -0.05) is 12.8 Å². The molecule has 12 heteroatoms. The van der Waals surface area contributed by atoms with E-state index in [0.29, 0.717) is 23.1 Å². The van der Waals surface area contributed by atoms with Crippen LogP contribution in [0.2, 0.25) is 0 Å². The van der Waals surface area contributed by atoms with E-state index >= 15 is 0 Å². The number of nitro groups is 1. The summed E-state index contributed by atoms with van der Waals surface area (Å²) in [6, 6.07) is 2.35. The van der Waals surface area contributed by atoms with Gasteiger partial charge < -0.3 is 15.4 Å². The number of rotatable bonds is 4. The number of anilines is 2. The lowest BCUT2D eigenvalue weighted by molar-refractivity contribution is -0.385. The maximum absolute atomic E-state index is 13.4.